The van der Waals surface area contributed by atoms with E-state index in [0.29, 0.717) is 24.2 Å². The Labute approximate surface area is 183 Å². The Morgan fingerprint density at radius 3 is 2.96 bits per heavy atom. The normalized spacial score (nSPS) is 21.0. The average Bonchev–Trinajstić information content (AvgIpc) is 3.47. The van der Waals surface area contributed by atoms with Gasteiger partial charge in [-0.25, -0.2) is 4.98 Å². The number of hydrogen-bond donors (Lipinski definition) is 3. The number of aliphatic imine (C=N–C) groups is 1. The van der Waals surface area contributed by atoms with Crippen molar-refractivity contribution in [3.05, 3.63) is 24.2 Å². The van der Waals surface area contributed by atoms with Crippen LogP contribution in [0.5, 0.6) is 0 Å². The molecule has 1 atom stereocenters. The van der Waals surface area contributed by atoms with Gasteiger partial charge in [0.25, 0.3) is 0 Å². The molecule has 2 aliphatic rings. The lowest BCUT2D eigenvalue weighted by atomic mass is 10.1. The van der Waals surface area contributed by atoms with Crippen LogP contribution in [-0.4, -0.2) is 58.8 Å². The lowest BCUT2D eigenvalue weighted by Crippen LogP contribution is -2.44. The third-order valence-corrected chi connectivity index (χ3v) is 5.52. The maximum Gasteiger partial charge on any atom is 0.216 e. The molecule has 2 fully saturated rings. The van der Waals surface area contributed by atoms with E-state index in [4.69, 9.17) is 4.42 Å². The molecule has 2 aromatic heterocycles. The van der Waals surface area contributed by atoms with E-state index >= 15 is 0 Å². The van der Waals surface area contributed by atoms with Crippen molar-refractivity contribution in [2.75, 3.05) is 26.7 Å². The van der Waals surface area contributed by atoms with Gasteiger partial charge in [0, 0.05) is 32.7 Å². The Balaban J connectivity index is 0.00000225. The highest BCUT2D eigenvalue weighted by atomic mass is 127. The molecule has 0 bridgehead atoms. The van der Waals surface area contributed by atoms with Crippen molar-refractivity contribution in [2.24, 2.45) is 10.9 Å². The molecule has 1 aliphatic heterocycles. The summed E-state index contributed by atoms with van der Waals surface area (Å²) in [5.41, 5.74) is 0. The molecule has 2 aromatic rings. The standard InChI is InChI=1S/C19H29N7O.HI/c1-20-19(21-11-17-23-18(25-24-17)16-7-4-10-27-16)22-15-8-9-26(13-15)12-14-5-2-3-6-14;/h4,7,10,14-15H,2-3,5-6,8-9,11-13H2,1H3,(H2,20,21,22)(H,23,24,25);1H. The first kappa shape index (κ1) is 21.1. The molecule has 1 aliphatic carbocycles. The Hall–Kier alpha value is -1.62. The van der Waals surface area contributed by atoms with E-state index in [2.05, 4.69) is 35.7 Å². The van der Waals surface area contributed by atoms with Gasteiger partial charge in [0.2, 0.25) is 5.82 Å². The van der Waals surface area contributed by atoms with Gasteiger partial charge < -0.3 is 20.0 Å². The molecule has 0 aromatic carbocycles. The molecule has 1 unspecified atom stereocenters. The number of furan rings is 1. The Morgan fingerprint density at radius 2 is 2.21 bits per heavy atom. The number of nitrogens with one attached hydrogen (secondary N) is 3. The Bertz CT molecular complexity index is 739. The van der Waals surface area contributed by atoms with E-state index in [0.717, 1.165) is 24.2 Å². The summed E-state index contributed by atoms with van der Waals surface area (Å²) in [6.45, 7) is 4.08. The van der Waals surface area contributed by atoms with E-state index in [1.807, 2.05) is 12.1 Å². The van der Waals surface area contributed by atoms with Gasteiger partial charge >= 0.3 is 0 Å². The lowest BCUT2D eigenvalue weighted by Gasteiger charge is -2.21. The van der Waals surface area contributed by atoms with Gasteiger partial charge in [-0.15, -0.1) is 29.1 Å². The molecule has 4 rings (SSSR count). The van der Waals surface area contributed by atoms with Crippen molar-refractivity contribution in [1.29, 1.82) is 0 Å². The summed E-state index contributed by atoms with van der Waals surface area (Å²) in [4.78, 5) is 11.4. The van der Waals surface area contributed by atoms with Crippen LogP contribution in [0.4, 0.5) is 0 Å². The number of nitrogens with zero attached hydrogens (tertiary/aromatic N) is 4. The number of guanidine groups is 1. The van der Waals surface area contributed by atoms with Gasteiger partial charge in [-0.3, -0.25) is 10.1 Å². The van der Waals surface area contributed by atoms with E-state index in [1.54, 1.807) is 13.3 Å². The van der Waals surface area contributed by atoms with E-state index in [-0.39, 0.29) is 24.0 Å². The zero-order valence-electron chi connectivity index (χ0n) is 16.4. The molecular formula is C19H30IN7O. The van der Waals surface area contributed by atoms with Crippen LogP contribution in [0.15, 0.2) is 27.8 Å². The minimum absolute atomic E-state index is 0. The molecule has 0 amide bonds. The molecule has 3 N–H and O–H groups in total. The lowest BCUT2D eigenvalue weighted by molar-refractivity contribution is 0.275. The molecule has 0 spiro atoms. The summed E-state index contributed by atoms with van der Waals surface area (Å²) >= 11 is 0. The number of likely N-dealkylation sites (tertiary alicyclic amines) is 1. The maximum atomic E-state index is 5.32. The predicted octanol–water partition coefficient (Wildman–Crippen LogP) is 2.61. The summed E-state index contributed by atoms with van der Waals surface area (Å²) in [6.07, 6.45) is 8.44. The molecule has 1 saturated heterocycles. The van der Waals surface area contributed by atoms with Crippen LogP contribution in [0.3, 0.4) is 0 Å². The van der Waals surface area contributed by atoms with Crippen molar-refractivity contribution in [1.82, 2.24) is 30.7 Å². The quantitative estimate of drug-likeness (QED) is 0.322. The van der Waals surface area contributed by atoms with Crippen molar-refractivity contribution in [3.63, 3.8) is 0 Å². The van der Waals surface area contributed by atoms with Crippen LogP contribution in [0.1, 0.15) is 37.9 Å². The number of hydrogen-bond acceptors (Lipinski definition) is 5. The van der Waals surface area contributed by atoms with Crippen LogP contribution in [0.2, 0.25) is 0 Å². The highest BCUT2D eigenvalue weighted by molar-refractivity contribution is 14.0. The molecule has 28 heavy (non-hydrogen) atoms. The van der Waals surface area contributed by atoms with Gasteiger partial charge in [0.1, 0.15) is 5.82 Å². The largest absolute Gasteiger partial charge is 0.461 e. The van der Waals surface area contributed by atoms with Gasteiger partial charge in [0.05, 0.1) is 12.8 Å². The van der Waals surface area contributed by atoms with Crippen LogP contribution in [-0.2, 0) is 6.54 Å². The number of aromatic nitrogens is 3. The first-order valence-electron chi connectivity index (χ1n) is 9.95. The van der Waals surface area contributed by atoms with Gasteiger partial charge in [0.15, 0.2) is 11.7 Å². The Morgan fingerprint density at radius 1 is 1.36 bits per heavy atom. The second-order valence-electron chi connectivity index (χ2n) is 7.55. The number of halogens is 1. The molecule has 8 nitrogen and oxygen atoms in total. The zero-order chi connectivity index (χ0) is 18.5. The van der Waals surface area contributed by atoms with E-state index < -0.39 is 0 Å². The summed E-state index contributed by atoms with van der Waals surface area (Å²) in [5.74, 6) is 3.69. The topological polar surface area (TPSA) is 94.4 Å². The third kappa shape index (κ3) is 5.47. The van der Waals surface area contributed by atoms with E-state index in [1.165, 1.54) is 45.2 Å². The third-order valence-electron chi connectivity index (χ3n) is 5.52. The number of aromatic amines is 1. The summed E-state index contributed by atoms with van der Waals surface area (Å²) in [7, 11) is 1.80. The van der Waals surface area contributed by atoms with Crippen molar-refractivity contribution >= 4 is 29.9 Å². The van der Waals surface area contributed by atoms with Crippen molar-refractivity contribution in [3.8, 4) is 11.6 Å². The Kier molecular flexibility index (Phi) is 7.72. The fourth-order valence-electron chi connectivity index (χ4n) is 4.12. The fraction of sp³-hybridized carbons (Fsp3) is 0.632. The fourth-order valence-corrected chi connectivity index (χ4v) is 4.12. The molecule has 154 valence electrons. The predicted molar refractivity (Wildman–Crippen MR) is 120 cm³/mol. The first-order chi connectivity index (χ1) is 13.3. The molecular weight excluding hydrogens is 469 g/mol. The second-order valence-corrected chi connectivity index (χ2v) is 7.55. The summed E-state index contributed by atoms with van der Waals surface area (Å²) in [6, 6.07) is 4.12. The minimum atomic E-state index is 0. The van der Waals surface area contributed by atoms with Gasteiger partial charge in [-0.2, -0.15) is 0 Å². The van der Waals surface area contributed by atoms with Crippen LogP contribution in [0.25, 0.3) is 11.6 Å². The van der Waals surface area contributed by atoms with Crippen molar-refractivity contribution in [2.45, 2.75) is 44.7 Å². The van der Waals surface area contributed by atoms with Crippen LogP contribution >= 0.6 is 24.0 Å². The second kappa shape index (κ2) is 10.2. The van der Waals surface area contributed by atoms with Gasteiger partial charge in [-0.05, 0) is 37.3 Å². The summed E-state index contributed by atoms with van der Waals surface area (Å²) in [5, 5.41) is 14.0. The first-order valence-corrected chi connectivity index (χ1v) is 9.95. The monoisotopic (exact) mass is 499 g/mol. The smallest absolute Gasteiger partial charge is 0.216 e. The summed E-state index contributed by atoms with van der Waals surface area (Å²) < 4.78 is 5.32. The molecule has 9 heteroatoms. The van der Waals surface area contributed by atoms with Gasteiger partial charge in [-0.1, -0.05) is 12.8 Å². The highest BCUT2D eigenvalue weighted by Crippen LogP contribution is 2.26. The van der Waals surface area contributed by atoms with Crippen LogP contribution < -0.4 is 10.6 Å². The molecule has 1 saturated carbocycles. The number of H-pyrrole nitrogens is 1. The van der Waals surface area contributed by atoms with Crippen LogP contribution in [0, 0.1) is 5.92 Å². The molecule has 0 radical (unpaired) electrons. The zero-order valence-corrected chi connectivity index (χ0v) is 18.7. The van der Waals surface area contributed by atoms with Crippen molar-refractivity contribution < 1.29 is 4.42 Å². The SMILES string of the molecule is CN=C(NCc1nc(-c2ccco2)n[nH]1)NC1CCN(CC2CCCC2)C1.I. The van der Waals surface area contributed by atoms with E-state index in [9.17, 15) is 0 Å². The minimum Gasteiger partial charge on any atom is -0.461 e. The molecule has 3 heterocycles. The highest BCUT2D eigenvalue weighted by Gasteiger charge is 2.26. The maximum absolute atomic E-state index is 5.32. The number of rotatable bonds is 6. The average molecular weight is 499 g/mol.